The first kappa shape index (κ1) is 49.7. The lowest BCUT2D eigenvalue weighted by Crippen LogP contribution is -2.29. The fourth-order valence-corrected chi connectivity index (χ4v) is 6.41. The van der Waals surface area contributed by atoms with Crippen molar-refractivity contribution in [1.29, 1.82) is 0 Å². The molecule has 54 heavy (non-hydrogen) atoms. The van der Waals surface area contributed by atoms with E-state index in [0.29, 0.717) is 25.0 Å². The van der Waals surface area contributed by atoms with Crippen LogP contribution in [0.25, 0.3) is 0 Å². The molecule has 1 rings (SSSR count). The number of phosphoric acid groups is 1. The van der Waals surface area contributed by atoms with Gasteiger partial charge in [0.15, 0.2) is 6.10 Å². The molecule has 0 bridgehead atoms. The van der Waals surface area contributed by atoms with Crippen LogP contribution in [0.1, 0.15) is 155 Å². The Kier molecular flexibility index (Phi) is 32.3. The number of phosphoric ester groups is 1. The van der Waals surface area contributed by atoms with Crippen LogP contribution in [-0.2, 0) is 37.4 Å². The normalized spacial score (nSPS) is 17.7. The summed E-state index contributed by atoms with van der Waals surface area (Å²) in [5.41, 5.74) is 5.34. The second kappa shape index (κ2) is 35.1. The Balaban J connectivity index is 2.23. The zero-order valence-corrected chi connectivity index (χ0v) is 34.5. The highest BCUT2D eigenvalue weighted by Crippen LogP contribution is 2.43. The third-order valence-electron chi connectivity index (χ3n) is 8.83. The van der Waals surface area contributed by atoms with Gasteiger partial charge < -0.3 is 24.8 Å². The highest BCUT2D eigenvalue weighted by Gasteiger charge is 2.36. The second-order valence-corrected chi connectivity index (χ2v) is 15.3. The lowest BCUT2D eigenvalue weighted by atomic mass is 10.0. The summed E-state index contributed by atoms with van der Waals surface area (Å²) in [6.07, 6.45) is 43.0. The Morgan fingerprint density at radius 1 is 0.667 bits per heavy atom. The maximum atomic E-state index is 12.5. The van der Waals surface area contributed by atoms with Crippen molar-refractivity contribution in [2.75, 3.05) is 26.4 Å². The van der Waals surface area contributed by atoms with Crippen molar-refractivity contribution in [3.63, 3.8) is 0 Å². The predicted molar refractivity (Wildman–Crippen MR) is 219 cm³/mol. The van der Waals surface area contributed by atoms with Crippen LogP contribution < -0.4 is 5.73 Å². The smallest absolute Gasteiger partial charge is 0.462 e. The van der Waals surface area contributed by atoms with Crippen molar-refractivity contribution in [3.8, 4) is 0 Å². The van der Waals surface area contributed by atoms with Crippen LogP contribution in [0.5, 0.6) is 0 Å². The van der Waals surface area contributed by atoms with E-state index in [9.17, 15) is 19.0 Å². The van der Waals surface area contributed by atoms with Gasteiger partial charge in [0, 0.05) is 19.4 Å². The number of rotatable bonds is 37. The SMILES string of the molecule is CC/C=C\CC1OC1C/C=C\C/C=C\C/C=C\C/C=C\CCC(=O)OC[C@H](COP(=O)(O)OCCN)OC(=O)CCCCCCCCCCCCCCC. The summed E-state index contributed by atoms with van der Waals surface area (Å²) < 4.78 is 38.3. The molecule has 1 aliphatic heterocycles. The Hall–Kier alpha value is -2.33. The number of unbranched alkanes of at least 4 members (excludes halogenated alkanes) is 12. The molecule has 0 radical (unpaired) electrons. The molecule has 1 aliphatic rings. The molecule has 0 aliphatic carbocycles. The summed E-state index contributed by atoms with van der Waals surface area (Å²) in [5.74, 6) is -0.933. The molecule has 3 N–H and O–H groups in total. The summed E-state index contributed by atoms with van der Waals surface area (Å²) >= 11 is 0. The lowest BCUT2D eigenvalue weighted by Gasteiger charge is -2.19. The molecule has 1 fully saturated rings. The van der Waals surface area contributed by atoms with Gasteiger partial charge in [0.1, 0.15) is 6.61 Å². The highest BCUT2D eigenvalue weighted by atomic mass is 31.2. The van der Waals surface area contributed by atoms with Crippen LogP contribution >= 0.6 is 7.82 Å². The molecule has 4 atom stereocenters. The van der Waals surface area contributed by atoms with Crippen molar-refractivity contribution >= 4 is 19.8 Å². The van der Waals surface area contributed by atoms with Crippen LogP contribution in [-0.4, -0.2) is 61.5 Å². The van der Waals surface area contributed by atoms with Crippen LogP contribution in [0.15, 0.2) is 60.8 Å². The van der Waals surface area contributed by atoms with Crippen molar-refractivity contribution < 1.29 is 42.3 Å². The van der Waals surface area contributed by atoms with Crippen molar-refractivity contribution in [1.82, 2.24) is 0 Å². The summed E-state index contributed by atoms with van der Waals surface area (Å²) in [6, 6.07) is 0. The minimum Gasteiger partial charge on any atom is -0.462 e. The largest absolute Gasteiger partial charge is 0.472 e. The molecule has 0 saturated carbocycles. The van der Waals surface area contributed by atoms with Gasteiger partial charge in [0.25, 0.3) is 0 Å². The van der Waals surface area contributed by atoms with Crippen molar-refractivity contribution in [3.05, 3.63) is 60.8 Å². The highest BCUT2D eigenvalue weighted by molar-refractivity contribution is 7.47. The summed E-state index contributed by atoms with van der Waals surface area (Å²) in [6.45, 7) is 3.51. The Morgan fingerprint density at radius 2 is 1.19 bits per heavy atom. The fourth-order valence-electron chi connectivity index (χ4n) is 5.64. The topological polar surface area (TPSA) is 147 Å². The summed E-state index contributed by atoms with van der Waals surface area (Å²) in [5, 5.41) is 0. The number of allylic oxidation sites excluding steroid dienone is 8. The molecule has 1 saturated heterocycles. The van der Waals surface area contributed by atoms with E-state index < -0.39 is 32.5 Å². The maximum Gasteiger partial charge on any atom is 0.472 e. The zero-order chi connectivity index (χ0) is 39.4. The average Bonchev–Trinajstić information content (AvgIpc) is 3.91. The molecule has 11 heteroatoms. The zero-order valence-electron chi connectivity index (χ0n) is 33.6. The van der Waals surface area contributed by atoms with Gasteiger partial charge in [-0.25, -0.2) is 4.57 Å². The van der Waals surface area contributed by atoms with Gasteiger partial charge in [-0.2, -0.15) is 0 Å². The first-order chi connectivity index (χ1) is 26.3. The first-order valence-corrected chi connectivity index (χ1v) is 22.4. The van der Waals surface area contributed by atoms with E-state index >= 15 is 0 Å². The van der Waals surface area contributed by atoms with Gasteiger partial charge in [-0.1, -0.05) is 152 Å². The quantitative estimate of drug-likeness (QED) is 0.0205. The van der Waals surface area contributed by atoms with Gasteiger partial charge in [0.05, 0.1) is 25.4 Å². The first-order valence-electron chi connectivity index (χ1n) is 20.9. The number of esters is 2. The molecule has 310 valence electrons. The minimum absolute atomic E-state index is 0.0406. The second-order valence-electron chi connectivity index (χ2n) is 13.9. The number of carbonyl (C=O) groups is 2. The van der Waals surface area contributed by atoms with E-state index in [1.165, 1.54) is 57.8 Å². The van der Waals surface area contributed by atoms with E-state index in [0.717, 1.165) is 57.8 Å². The van der Waals surface area contributed by atoms with Gasteiger partial charge in [-0.05, 0) is 51.4 Å². The molecule has 0 aromatic heterocycles. The lowest BCUT2D eigenvalue weighted by molar-refractivity contribution is -0.161. The van der Waals surface area contributed by atoms with E-state index in [-0.39, 0.29) is 32.6 Å². The molecule has 0 aromatic carbocycles. The average molecular weight is 780 g/mol. The Morgan fingerprint density at radius 3 is 1.74 bits per heavy atom. The Labute approximate surface area is 327 Å². The summed E-state index contributed by atoms with van der Waals surface area (Å²) in [7, 11) is -4.39. The predicted octanol–water partition coefficient (Wildman–Crippen LogP) is 10.7. The van der Waals surface area contributed by atoms with Crippen LogP contribution in [0, 0.1) is 0 Å². The van der Waals surface area contributed by atoms with E-state index in [1.807, 2.05) is 12.2 Å². The number of hydrogen-bond donors (Lipinski definition) is 2. The monoisotopic (exact) mass is 780 g/mol. The van der Waals surface area contributed by atoms with E-state index in [4.69, 9.17) is 29.0 Å². The summed E-state index contributed by atoms with van der Waals surface area (Å²) in [4.78, 5) is 34.8. The van der Waals surface area contributed by atoms with Gasteiger partial charge >= 0.3 is 19.8 Å². The number of epoxide rings is 1. The fraction of sp³-hybridized carbons (Fsp3) is 0.721. The van der Waals surface area contributed by atoms with Crippen LogP contribution in [0.3, 0.4) is 0 Å². The molecule has 0 amide bonds. The van der Waals surface area contributed by atoms with Crippen molar-refractivity contribution in [2.24, 2.45) is 5.73 Å². The van der Waals surface area contributed by atoms with Crippen LogP contribution in [0.2, 0.25) is 0 Å². The standard InChI is InChI=1S/C43H74NO9P/c1-3-5-7-8-9-10-11-12-17-20-23-26-30-34-43(46)52-39(38-51-54(47,48)50-36-35-44)37-49-42(45)33-29-25-22-19-16-14-13-15-18-21-24-28-32-41-40(53-41)31-27-6-4-2/h6,14-16,18,22,24-25,27-28,39-41H,3-5,7-13,17,19-21,23,26,29-38,44H2,1-2H3,(H,47,48)/b16-14-,18-15-,25-22-,27-6-,28-24-/t39-,40?,41?/m1/s1. The molecule has 0 aromatic rings. The Bertz CT molecular complexity index is 1140. The van der Waals surface area contributed by atoms with E-state index in [2.05, 4.69) is 62.5 Å². The van der Waals surface area contributed by atoms with Gasteiger partial charge in [-0.3, -0.25) is 18.6 Å². The van der Waals surface area contributed by atoms with E-state index in [1.54, 1.807) is 0 Å². The molecular weight excluding hydrogens is 705 g/mol. The van der Waals surface area contributed by atoms with Gasteiger partial charge in [0.2, 0.25) is 0 Å². The van der Waals surface area contributed by atoms with Crippen LogP contribution in [0.4, 0.5) is 0 Å². The van der Waals surface area contributed by atoms with Gasteiger partial charge in [-0.15, -0.1) is 0 Å². The maximum absolute atomic E-state index is 12.5. The number of hydrogen-bond acceptors (Lipinski definition) is 9. The molecule has 0 spiro atoms. The molecule has 3 unspecified atom stereocenters. The number of carbonyl (C=O) groups excluding carboxylic acids is 2. The molecular formula is C43H74NO9P. The van der Waals surface area contributed by atoms with Crippen molar-refractivity contribution in [2.45, 2.75) is 173 Å². The third kappa shape index (κ3) is 32.0. The molecule has 1 heterocycles. The number of ether oxygens (including phenoxy) is 3. The minimum atomic E-state index is -4.39. The molecule has 10 nitrogen and oxygen atoms in total. The third-order valence-corrected chi connectivity index (χ3v) is 9.82. The number of nitrogens with two attached hydrogens (primary N) is 1.